The van der Waals surface area contributed by atoms with Crippen LogP contribution in [0.5, 0.6) is 0 Å². The number of hydrogen-bond acceptors (Lipinski definition) is 4. The maximum atomic E-state index is 13.1. The van der Waals surface area contributed by atoms with Gasteiger partial charge in [0.15, 0.2) is 0 Å². The van der Waals surface area contributed by atoms with Crippen LogP contribution in [0.4, 0.5) is 5.69 Å². The van der Waals surface area contributed by atoms with E-state index in [0.717, 1.165) is 56.0 Å². The van der Waals surface area contributed by atoms with Crippen LogP contribution in [0.15, 0.2) is 78.9 Å². The number of nitrogens with one attached hydrogen (secondary N) is 1. The molecule has 0 spiro atoms. The number of fused-ring (bicyclic) bond motifs is 1. The van der Waals surface area contributed by atoms with Gasteiger partial charge in [-0.3, -0.25) is 14.5 Å². The molecule has 0 aliphatic carbocycles. The number of carbonyl (C=O) groups is 2. The molecule has 0 saturated carbocycles. The van der Waals surface area contributed by atoms with Crippen molar-refractivity contribution in [3.05, 3.63) is 101 Å². The number of anilines is 1. The summed E-state index contributed by atoms with van der Waals surface area (Å²) in [6, 6.07) is 25.9. The van der Waals surface area contributed by atoms with Gasteiger partial charge in [0.1, 0.15) is 6.17 Å². The SMILES string of the molecule is CCCN1C(=O)c2ccccc2C1Nc1ccc(C(=O)N2CCN(Cc3ccccc3)CC2)cc1. The van der Waals surface area contributed by atoms with Crippen molar-refractivity contribution in [2.75, 3.05) is 38.0 Å². The fourth-order valence-electron chi connectivity index (χ4n) is 5.00. The lowest BCUT2D eigenvalue weighted by atomic mass is 10.1. The Morgan fingerprint density at radius 2 is 1.57 bits per heavy atom. The van der Waals surface area contributed by atoms with Crippen LogP contribution in [-0.4, -0.2) is 59.2 Å². The molecule has 6 nitrogen and oxygen atoms in total. The Morgan fingerprint density at radius 3 is 2.29 bits per heavy atom. The largest absolute Gasteiger partial charge is 0.361 e. The van der Waals surface area contributed by atoms with Crippen LogP contribution in [0.3, 0.4) is 0 Å². The molecule has 1 atom stereocenters. The van der Waals surface area contributed by atoms with E-state index in [1.807, 2.05) is 64.4 Å². The number of rotatable bonds is 7. The highest BCUT2D eigenvalue weighted by Gasteiger charge is 2.35. The van der Waals surface area contributed by atoms with Gasteiger partial charge in [-0.1, -0.05) is 55.5 Å². The number of carbonyl (C=O) groups excluding carboxylic acids is 2. The average Bonchev–Trinajstić information content (AvgIpc) is 3.16. The second-order valence-corrected chi connectivity index (χ2v) is 9.26. The van der Waals surface area contributed by atoms with Crippen molar-refractivity contribution in [3.8, 4) is 0 Å². The highest BCUT2D eigenvalue weighted by molar-refractivity contribution is 5.99. The van der Waals surface area contributed by atoms with Crippen LogP contribution < -0.4 is 5.32 Å². The van der Waals surface area contributed by atoms with E-state index in [2.05, 4.69) is 41.4 Å². The van der Waals surface area contributed by atoms with Crippen molar-refractivity contribution in [2.24, 2.45) is 0 Å². The Morgan fingerprint density at radius 1 is 0.886 bits per heavy atom. The van der Waals surface area contributed by atoms with Gasteiger partial charge in [0, 0.05) is 61.6 Å². The lowest BCUT2D eigenvalue weighted by molar-refractivity contribution is 0.0628. The predicted octanol–water partition coefficient (Wildman–Crippen LogP) is 4.62. The van der Waals surface area contributed by atoms with Gasteiger partial charge in [0.25, 0.3) is 11.8 Å². The Balaban J connectivity index is 1.21. The van der Waals surface area contributed by atoms with Gasteiger partial charge in [-0.15, -0.1) is 0 Å². The van der Waals surface area contributed by atoms with Gasteiger partial charge in [-0.25, -0.2) is 0 Å². The van der Waals surface area contributed by atoms with Gasteiger partial charge in [-0.2, -0.15) is 0 Å². The smallest absolute Gasteiger partial charge is 0.256 e. The van der Waals surface area contributed by atoms with Crippen LogP contribution in [0.2, 0.25) is 0 Å². The van der Waals surface area contributed by atoms with E-state index in [1.165, 1.54) is 5.56 Å². The Hall–Kier alpha value is -3.64. The van der Waals surface area contributed by atoms with E-state index in [4.69, 9.17) is 0 Å². The molecule has 1 unspecified atom stereocenters. The quantitative estimate of drug-likeness (QED) is 0.550. The summed E-state index contributed by atoms with van der Waals surface area (Å²) in [5.41, 5.74) is 4.65. The Kier molecular flexibility index (Phi) is 6.82. The Labute approximate surface area is 207 Å². The molecule has 6 heteroatoms. The fraction of sp³-hybridized carbons (Fsp3) is 0.310. The summed E-state index contributed by atoms with van der Waals surface area (Å²) in [4.78, 5) is 32.2. The van der Waals surface area contributed by atoms with Crippen LogP contribution in [-0.2, 0) is 6.54 Å². The average molecular weight is 469 g/mol. The monoisotopic (exact) mass is 468 g/mol. The van der Waals surface area contributed by atoms with Crippen LogP contribution in [0.25, 0.3) is 0 Å². The predicted molar refractivity (Wildman–Crippen MR) is 138 cm³/mol. The zero-order valence-corrected chi connectivity index (χ0v) is 20.2. The van der Waals surface area contributed by atoms with Crippen molar-refractivity contribution in [1.82, 2.24) is 14.7 Å². The van der Waals surface area contributed by atoms with Gasteiger partial charge < -0.3 is 15.1 Å². The maximum Gasteiger partial charge on any atom is 0.256 e. The molecule has 35 heavy (non-hydrogen) atoms. The summed E-state index contributed by atoms with van der Waals surface area (Å²) in [5, 5.41) is 3.51. The number of benzene rings is 3. The molecule has 2 aliphatic heterocycles. The van der Waals surface area contributed by atoms with Crippen LogP contribution in [0, 0.1) is 0 Å². The molecule has 2 amide bonds. The zero-order chi connectivity index (χ0) is 24.2. The third kappa shape index (κ3) is 4.93. The van der Waals surface area contributed by atoms with E-state index in [9.17, 15) is 9.59 Å². The first-order valence-corrected chi connectivity index (χ1v) is 12.5. The Bertz CT molecular complexity index is 1170. The first kappa shape index (κ1) is 23.1. The summed E-state index contributed by atoms with van der Waals surface area (Å²) < 4.78 is 0. The van der Waals surface area contributed by atoms with Crippen molar-refractivity contribution in [3.63, 3.8) is 0 Å². The van der Waals surface area contributed by atoms with E-state index in [1.54, 1.807) is 0 Å². The molecule has 3 aromatic rings. The van der Waals surface area contributed by atoms with Crippen molar-refractivity contribution >= 4 is 17.5 Å². The molecule has 0 radical (unpaired) electrons. The fourth-order valence-corrected chi connectivity index (χ4v) is 5.00. The first-order chi connectivity index (χ1) is 17.1. The molecule has 2 aliphatic rings. The van der Waals surface area contributed by atoms with Crippen LogP contribution in [0.1, 0.15) is 51.4 Å². The van der Waals surface area contributed by atoms with Gasteiger partial charge >= 0.3 is 0 Å². The molecule has 0 bridgehead atoms. The minimum atomic E-state index is -0.196. The lowest BCUT2D eigenvalue weighted by Gasteiger charge is -2.34. The summed E-state index contributed by atoms with van der Waals surface area (Å²) in [7, 11) is 0. The highest BCUT2D eigenvalue weighted by atomic mass is 16.2. The van der Waals surface area contributed by atoms with E-state index in [0.29, 0.717) is 12.1 Å². The van der Waals surface area contributed by atoms with Crippen molar-refractivity contribution < 1.29 is 9.59 Å². The third-order valence-corrected chi connectivity index (χ3v) is 6.87. The number of hydrogen-bond donors (Lipinski definition) is 1. The van der Waals surface area contributed by atoms with Gasteiger partial charge in [0.05, 0.1) is 0 Å². The molecule has 1 saturated heterocycles. The lowest BCUT2D eigenvalue weighted by Crippen LogP contribution is -2.48. The molecule has 2 heterocycles. The second-order valence-electron chi connectivity index (χ2n) is 9.26. The molecular formula is C29H32N4O2. The summed E-state index contributed by atoms with van der Waals surface area (Å²) in [6.45, 7) is 6.92. The number of nitrogens with zero attached hydrogens (tertiary/aromatic N) is 3. The van der Waals surface area contributed by atoms with Crippen LogP contribution >= 0.6 is 0 Å². The van der Waals surface area contributed by atoms with Crippen molar-refractivity contribution in [1.29, 1.82) is 0 Å². The second kappa shape index (κ2) is 10.3. The number of piperazine rings is 1. The first-order valence-electron chi connectivity index (χ1n) is 12.5. The summed E-state index contributed by atoms with van der Waals surface area (Å²) >= 11 is 0. The van der Waals surface area contributed by atoms with Crippen molar-refractivity contribution in [2.45, 2.75) is 26.1 Å². The van der Waals surface area contributed by atoms with Gasteiger partial charge in [-0.05, 0) is 42.3 Å². The summed E-state index contributed by atoms with van der Waals surface area (Å²) in [6.07, 6.45) is 0.696. The molecule has 0 aromatic heterocycles. The third-order valence-electron chi connectivity index (χ3n) is 6.87. The highest BCUT2D eigenvalue weighted by Crippen LogP contribution is 2.34. The molecule has 3 aromatic carbocycles. The minimum absolute atomic E-state index is 0.0677. The van der Waals surface area contributed by atoms with Gasteiger partial charge in [0.2, 0.25) is 0 Å². The number of amides is 2. The molecular weight excluding hydrogens is 436 g/mol. The molecule has 1 N–H and O–H groups in total. The maximum absolute atomic E-state index is 13.1. The van der Waals surface area contributed by atoms with E-state index < -0.39 is 0 Å². The molecule has 1 fully saturated rings. The molecule has 5 rings (SSSR count). The molecule has 180 valence electrons. The van der Waals surface area contributed by atoms with E-state index in [-0.39, 0.29) is 18.0 Å². The zero-order valence-electron chi connectivity index (χ0n) is 20.2. The van der Waals surface area contributed by atoms with E-state index >= 15 is 0 Å². The topological polar surface area (TPSA) is 55.9 Å². The minimum Gasteiger partial charge on any atom is -0.361 e. The summed E-state index contributed by atoms with van der Waals surface area (Å²) in [5.74, 6) is 0.142. The normalized spacial score (nSPS) is 18.0. The standard InChI is InChI=1S/C29H32N4O2/c1-2-16-33-27(25-10-6-7-11-26(25)29(33)35)30-24-14-12-23(13-15-24)28(34)32-19-17-31(18-20-32)21-22-8-4-3-5-9-22/h3-15,27,30H,2,16-21H2,1H3.